The summed E-state index contributed by atoms with van der Waals surface area (Å²) >= 11 is 0. The molecular weight excluding hydrogens is 510 g/mol. The molecule has 0 fully saturated rings. The Morgan fingerprint density at radius 1 is 0.900 bits per heavy atom. The first-order chi connectivity index (χ1) is 19.2. The molecule has 0 saturated carbocycles. The van der Waals surface area contributed by atoms with E-state index in [2.05, 4.69) is 35.1 Å². The van der Waals surface area contributed by atoms with Gasteiger partial charge in [-0.2, -0.15) is 0 Å². The van der Waals surface area contributed by atoms with Crippen molar-refractivity contribution in [3.63, 3.8) is 0 Å². The average Bonchev–Trinajstić information content (AvgIpc) is 2.98. The van der Waals surface area contributed by atoms with Crippen molar-refractivity contribution in [3.05, 3.63) is 83.2 Å². The Labute approximate surface area is 231 Å². The quantitative estimate of drug-likeness (QED) is 0.239. The minimum atomic E-state index is -0.682. The van der Waals surface area contributed by atoms with Crippen LogP contribution in [0.3, 0.4) is 0 Å². The Bertz CT molecular complexity index is 1600. The summed E-state index contributed by atoms with van der Waals surface area (Å²) in [4.78, 5) is 46.8. The van der Waals surface area contributed by atoms with E-state index in [1.165, 1.54) is 32.4 Å². The van der Waals surface area contributed by atoms with Crippen molar-refractivity contribution in [2.24, 2.45) is 0 Å². The van der Waals surface area contributed by atoms with Crippen LogP contribution in [0.25, 0.3) is 22.2 Å². The second-order valence-electron chi connectivity index (χ2n) is 9.08. The van der Waals surface area contributed by atoms with Crippen LogP contribution in [0.4, 0.5) is 5.69 Å². The van der Waals surface area contributed by atoms with Gasteiger partial charge in [0, 0.05) is 16.6 Å². The van der Waals surface area contributed by atoms with Crippen molar-refractivity contribution in [2.45, 2.75) is 19.8 Å². The van der Waals surface area contributed by atoms with Gasteiger partial charge in [0.25, 0.3) is 5.91 Å². The van der Waals surface area contributed by atoms with Gasteiger partial charge in [0.1, 0.15) is 12.4 Å². The molecule has 0 atom stereocenters. The number of ether oxygens (including phenoxy) is 3. The van der Waals surface area contributed by atoms with E-state index in [1.807, 2.05) is 24.3 Å². The highest BCUT2D eigenvalue weighted by molar-refractivity contribution is 6.06. The number of esters is 2. The largest absolute Gasteiger partial charge is 0.481 e. The third kappa shape index (κ3) is 6.08. The number of benzene rings is 3. The van der Waals surface area contributed by atoms with Gasteiger partial charge in [-0.1, -0.05) is 44.0 Å². The first kappa shape index (κ1) is 27.8. The van der Waals surface area contributed by atoms with E-state index < -0.39 is 17.8 Å². The number of amides is 1. The monoisotopic (exact) mass is 537 g/mol. The molecule has 3 aromatic carbocycles. The highest BCUT2D eigenvalue weighted by Gasteiger charge is 2.19. The topological polar surface area (TPSA) is 117 Å². The van der Waals surface area contributed by atoms with Crippen molar-refractivity contribution in [1.29, 1.82) is 0 Å². The van der Waals surface area contributed by atoms with Crippen molar-refractivity contribution in [1.82, 2.24) is 9.97 Å². The van der Waals surface area contributed by atoms with Crippen LogP contribution in [0.5, 0.6) is 5.75 Å². The van der Waals surface area contributed by atoms with Crippen LogP contribution in [-0.2, 0) is 9.47 Å². The van der Waals surface area contributed by atoms with Gasteiger partial charge in [-0.05, 0) is 47.9 Å². The highest BCUT2D eigenvalue weighted by Crippen LogP contribution is 2.30. The molecule has 0 radical (unpaired) electrons. The zero-order valence-corrected chi connectivity index (χ0v) is 22.5. The molecule has 4 aromatic rings. The molecule has 0 aliphatic rings. The van der Waals surface area contributed by atoms with Gasteiger partial charge in [0.15, 0.2) is 0 Å². The Morgan fingerprint density at radius 2 is 1.55 bits per heavy atom. The average molecular weight is 538 g/mol. The molecule has 9 nitrogen and oxygen atoms in total. The number of anilines is 1. The van der Waals surface area contributed by atoms with Crippen molar-refractivity contribution in [3.8, 4) is 29.4 Å². The fraction of sp³-hybridized carbons (Fsp3) is 0.194. The fourth-order valence-electron chi connectivity index (χ4n) is 4.03. The molecule has 202 valence electrons. The first-order valence-electron chi connectivity index (χ1n) is 12.4. The normalized spacial score (nSPS) is 10.6. The Morgan fingerprint density at radius 3 is 2.12 bits per heavy atom. The molecule has 0 saturated heterocycles. The lowest BCUT2D eigenvalue weighted by atomic mass is 9.99. The van der Waals surface area contributed by atoms with Crippen LogP contribution in [-0.4, -0.2) is 48.6 Å². The summed E-state index contributed by atoms with van der Waals surface area (Å²) in [5.41, 5.74) is 3.25. The van der Waals surface area contributed by atoms with E-state index in [1.54, 1.807) is 18.2 Å². The number of aromatic nitrogens is 2. The number of carbonyl (C=O) groups excluding carboxylic acids is 3. The van der Waals surface area contributed by atoms with Gasteiger partial charge in [-0.3, -0.25) is 4.79 Å². The van der Waals surface area contributed by atoms with Gasteiger partial charge >= 0.3 is 11.9 Å². The third-order valence-corrected chi connectivity index (χ3v) is 6.08. The van der Waals surface area contributed by atoms with Gasteiger partial charge in [-0.25, -0.2) is 19.6 Å². The molecule has 1 N–H and O–H groups in total. The third-order valence-electron chi connectivity index (χ3n) is 6.08. The number of hydrogen-bond acceptors (Lipinski definition) is 8. The molecule has 1 heterocycles. The minimum Gasteiger partial charge on any atom is -0.481 e. The predicted molar refractivity (Wildman–Crippen MR) is 150 cm³/mol. The van der Waals surface area contributed by atoms with Crippen LogP contribution in [0.15, 0.2) is 60.7 Å². The van der Waals surface area contributed by atoms with Crippen LogP contribution in [0.1, 0.15) is 56.7 Å². The Hall–Kier alpha value is -5.23. The van der Waals surface area contributed by atoms with Crippen LogP contribution < -0.4 is 10.1 Å². The zero-order valence-electron chi connectivity index (χ0n) is 22.5. The number of hydrogen-bond donors (Lipinski definition) is 1. The van der Waals surface area contributed by atoms with Gasteiger partial charge < -0.3 is 19.5 Å². The number of nitrogens with one attached hydrogen (secondary N) is 1. The number of nitrogens with zero attached hydrogens (tertiary/aromatic N) is 2. The van der Waals surface area contributed by atoms with Crippen LogP contribution in [0.2, 0.25) is 0 Å². The lowest BCUT2D eigenvalue weighted by Crippen LogP contribution is -2.17. The summed E-state index contributed by atoms with van der Waals surface area (Å²) in [5, 5.41) is 3.35. The second kappa shape index (κ2) is 12.1. The zero-order chi connectivity index (χ0) is 28.8. The number of carbonyl (C=O) groups is 3. The summed E-state index contributed by atoms with van der Waals surface area (Å²) in [5.74, 6) is 1.20. The fourth-order valence-corrected chi connectivity index (χ4v) is 4.03. The summed E-state index contributed by atoms with van der Waals surface area (Å²) in [6.45, 7) is 4.31. The maximum atomic E-state index is 13.4. The minimum absolute atomic E-state index is 0.0607. The first-order valence-corrected chi connectivity index (χ1v) is 12.4. The van der Waals surface area contributed by atoms with E-state index in [9.17, 15) is 14.4 Å². The van der Waals surface area contributed by atoms with Gasteiger partial charge in [0.2, 0.25) is 5.82 Å². The van der Waals surface area contributed by atoms with E-state index in [0.29, 0.717) is 28.3 Å². The van der Waals surface area contributed by atoms with Crippen molar-refractivity contribution in [2.75, 3.05) is 26.1 Å². The number of rotatable bonds is 8. The van der Waals surface area contributed by atoms with E-state index in [0.717, 1.165) is 11.1 Å². The molecular formula is C31H27N3O6. The van der Waals surface area contributed by atoms with Crippen LogP contribution in [0, 0.1) is 12.3 Å². The lowest BCUT2D eigenvalue weighted by molar-refractivity contribution is 0.0599. The Kier molecular flexibility index (Phi) is 8.40. The maximum Gasteiger partial charge on any atom is 0.337 e. The molecule has 0 bridgehead atoms. The van der Waals surface area contributed by atoms with Gasteiger partial charge in [-0.15, -0.1) is 6.42 Å². The number of methoxy groups -OCH3 is 2. The standard InChI is InChI=1S/C31H27N3O6/c1-6-13-40-24-11-12-26-25(17-24)27(20-9-7-19(8-10-20)18(2)3)34-28(33-26)29(35)32-23-15-21(30(36)38-4)14-22(16-23)31(37)39-5/h1,7-12,14-18H,13H2,2-5H3,(H,32,35). The highest BCUT2D eigenvalue weighted by atomic mass is 16.5. The van der Waals surface area contributed by atoms with Crippen molar-refractivity contribution < 1.29 is 28.6 Å². The Balaban J connectivity index is 1.79. The summed E-state index contributed by atoms with van der Waals surface area (Å²) in [6.07, 6.45) is 5.34. The molecule has 1 aromatic heterocycles. The number of terminal acetylenes is 1. The van der Waals surface area contributed by atoms with Crippen LogP contribution >= 0.6 is 0 Å². The molecule has 40 heavy (non-hydrogen) atoms. The molecule has 0 unspecified atom stereocenters. The summed E-state index contributed by atoms with van der Waals surface area (Å²) in [7, 11) is 2.43. The maximum absolute atomic E-state index is 13.4. The summed E-state index contributed by atoms with van der Waals surface area (Å²) in [6, 6.07) is 17.2. The van der Waals surface area contributed by atoms with E-state index in [-0.39, 0.29) is 29.2 Å². The molecule has 0 spiro atoms. The van der Waals surface area contributed by atoms with Crippen molar-refractivity contribution >= 4 is 34.4 Å². The lowest BCUT2D eigenvalue weighted by Gasteiger charge is -2.13. The van der Waals surface area contributed by atoms with E-state index in [4.69, 9.17) is 20.6 Å². The summed E-state index contributed by atoms with van der Waals surface area (Å²) < 4.78 is 15.1. The molecule has 4 rings (SSSR count). The number of fused-ring (bicyclic) bond motifs is 1. The van der Waals surface area contributed by atoms with E-state index >= 15 is 0 Å². The molecule has 0 aliphatic carbocycles. The molecule has 1 amide bonds. The second-order valence-corrected chi connectivity index (χ2v) is 9.08. The van der Waals surface area contributed by atoms with Gasteiger partial charge in [0.05, 0.1) is 36.6 Å². The smallest absolute Gasteiger partial charge is 0.337 e. The molecule has 9 heteroatoms. The SMILES string of the molecule is C#CCOc1ccc2nc(C(=O)Nc3cc(C(=O)OC)cc(C(=O)OC)c3)nc(-c3ccc(C(C)C)cc3)c2c1. The predicted octanol–water partition coefficient (Wildman–Crippen LogP) is 5.26. The molecule has 0 aliphatic heterocycles.